The van der Waals surface area contributed by atoms with Crippen LogP contribution in [0, 0.1) is 0 Å². The summed E-state index contributed by atoms with van der Waals surface area (Å²) in [5.74, 6) is 0.741. The fraction of sp³-hybridized carbons (Fsp3) is 0.643. The molecule has 1 fully saturated rings. The van der Waals surface area contributed by atoms with Crippen molar-refractivity contribution in [2.75, 3.05) is 30.0 Å². The highest BCUT2D eigenvalue weighted by atomic mass is 32.2. The summed E-state index contributed by atoms with van der Waals surface area (Å²) < 4.78 is 11.2. The van der Waals surface area contributed by atoms with Gasteiger partial charge in [-0.15, -0.1) is 0 Å². The van der Waals surface area contributed by atoms with Crippen molar-refractivity contribution in [1.82, 2.24) is 10.3 Å². The Labute approximate surface area is 118 Å². The summed E-state index contributed by atoms with van der Waals surface area (Å²) >= 11 is 0. The summed E-state index contributed by atoms with van der Waals surface area (Å²) in [7, 11) is -0.717. The first-order valence-corrected chi connectivity index (χ1v) is 8.59. The van der Waals surface area contributed by atoms with Crippen LogP contribution in [0.3, 0.4) is 0 Å². The molecule has 1 N–H and O–H groups in total. The number of aromatic nitrogens is 1. The third kappa shape index (κ3) is 4.58. The smallest absolute Gasteiger partial charge is 0.0397 e. The fourth-order valence-electron chi connectivity index (χ4n) is 2.66. The first kappa shape index (κ1) is 14.5. The average Bonchev–Trinajstić information content (AvgIpc) is 2.39. The molecule has 0 aliphatic carbocycles. The van der Waals surface area contributed by atoms with E-state index in [1.165, 1.54) is 5.69 Å². The van der Waals surface area contributed by atoms with E-state index < -0.39 is 10.8 Å². The van der Waals surface area contributed by atoms with Crippen LogP contribution in [0.5, 0.6) is 0 Å². The van der Waals surface area contributed by atoms with E-state index in [0.717, 1.165) is 31.7 Å². The van der Waals surface area contributed by atoms with Crippen molar-refractivity contribution < 1.29 is 4.21 Å². The number of nitrogens with one attached hydrogen (secondary N) is 1. The molecular weight excluding hydrogens is 258 g/mol. The number of nitrogens with zero attached hydrogens (tertiary/aromatic N) is 2. The first-order valence-electron chi connectivity index (χ1n) is 6.86. The van der Waals surface area contributed by atoms with E-state index in [9.17, 15) is 4.21 Å². The molecule has 4 nitrogen and oxygen atoms in total. The van der Waals surface area contributed by atoms with Crippen LogP contribution < -0.4 is 10.2 Å². The van der Waals surface area contributed by atoms with Crippen LogP contribution in [0.1, 0.15) is 19.8 Å². The van der Waals surface area contributed by atoms with Crippen molar-refractivity contribution in [3.8, 4) is 0 Å². The Balaban J connectivity index is 1.78. The molecule has 1 aromatic heterocycles. The molecule has 0 amide bonds. The van der Waals surface area contributed by atoms with Gasteiger partial charge in [-0.05, 0) is 31.9 Å². The Morgan fingerprint density at radius 1 is 1.42 bits per heavy atom. The minimum atomic E-state index is -0.717. The van der Waals surface area contributed by atoms with E-state index in [0.29, 0.717) is 12.1 Å². The maximum atomic E-state index is 11.2. The van der Waals surface area contributed by atoms with E-state index >= 15 is 0 Å². The Bertz CT molecular complexity index is 404. The van der Waals surface area contributed by atoms with Gasteiger partial charge in [0.25, 0.3) is 0 Å². The van der Waals surface area contributed by atoms with Crippen LogP contribution in [0.2, 0.25) is 0 Å². The normalized spacial score (nSPS) is 20.2. The third-order valence-electron chi connectivity index (χ3n) is 3.53. The van der Waals surface area contributed by atoms with E-state index in [-0.39, 0.29) is 0 Å². The summed E-state index contributed by atoms with van der Waals surface area (Å²) in [5.41, 5.74) is 1.26. The van der Waals surface area contributed by atoms with Crippen molar-refractivity contribution in [3.63, 3.8) is 0 Å². The number of anilines is 1. The van der Waals surface area contributed by atoms with Gasteiger partial charge in [0.05, 0.1) is 0 Å². The van der Waals surface area contributed by atoms with Gasteiger partial charge in [0.15, 0.2) is 0 Å². The highest BCUT2D eigenvalue weighted by Gasteiger charge is 2.20. The van der Waals surface area contributed by atoms with Gasteiger partial charge in [-0.25, -0.2) is 0 Å². The van der Waals surface area contributed by atoms with Gasteiger partial charge in [0.1, 0.15) is 0 Å². The zero-order valence-corrected chi connectivity index (χ0v) is 12.5. The fourth-order valence-corrected chi connectivity index (χ4v) is 3.46. The van der Waals surface area contributed by atoms with Gasteiger partial charge in [-0.2, -0.15) is 0 Å². The maximum absolute atomic E-state index is 11.2. The molecule has 0 saturated carbocycles. The molecule has 19 heavy (non-hydrogen) atoms. The summed E-state index contributed by atoms with van der Waals surface area (Å²) in [6.07, 6.45) is 7.74. The lowest BCUT2D eigenvalue weighted by Crippen LogP contribution is -2.46. The predicted molar refractivity (Wildman–Crippen MR) is 81.0 cm³/mol. The quantitative estimate of drug-likeness (QED) is 0.886. The van der Waals surface area contributed by atoms with Gasteiger partial charge in [0, 0.05) is 66.1 Å². The molecular formula is C14H23N3OS. The molecule has 2 rings (SSSR count). The lowest BCUT2D eigenvalue weighted by atomic mass is 10.0. The highest BCUT2D eigenvalue weighted by molar-refractivity contribution is 7.84. The van der Waals surface area contributed by atoms with Gasteiger partial charge in [-0.1, -0.05) is 0 Å². The monoisotopic (exact) mass is 281 g/mol. The molecule has 5 heteroatoms. The van der Waals surface area contributed by atoms with E-state index in [2.05, 4.69) is 34.3 Å². The molecule has 0 radical (unpaired) electrons. The highest BCUT2D eigenvalue weighted by Crippen LogP contribution is 2.19. The van der Waals surface area contributed by atoms with Crippen LogP contribution in [-0.2, 0) is 10.8 Å². The average molecular weight is 281 g/mol. The van der Waals surface area contributed by atoms with Crippen LogP contribution in [0.4, 0.5) is 5.69 Å². The second-order valence-corrected chi connectivity index (χ2v) is 6.75. The Morgan fingerprint density at radius 3 is 2.63 bits per heavy atom. The zero-order valence-electron chi connectivity index (χ0n) is 11.7. The van der Waals surface area contributed by atoms with Crippen LogP contribution in [0.25, 0.3) is 0 Å². The Kier molecular flexibility index (Phi) is 5.34. The summed E-state index contributed by atoms with van der Waals surface area (Å²) in [4.78, 5) is 6.46. The molecule has 106 valence electrons. The molecule has 2 heterocycles. The van der Waals surface area contributed by atoms with E-state index in [4.69, 9.17) is 0 Å². The summed E-state index contributed by atoms with van der Waals surface area (Å²) in [5, 5.41) is 3.59. The van der Waals surface area contributed by atoms with Crippen LogP contribution >= 0.6 is 0 Å². The Hall–Kier alpha value is -0.940. The lowest BCUT2D eigenvalue weighted by molar-refractivity contribution is 0.388. The molecule has 0 aromatic carbocycles. The zero-order chi connectivity index (χ0) is 13.7. The molecule has 1 aromatic rings. The molecule has 2 atom stereocenters. The molecule has 0 bridgehead atoms. The molecule has 0 spiro atoms. The molecule has 2 unspecified atom stereocenters. The largest absolute Gasteiger partial charge is 0.371 e. The van der Waals surface area contributed by atoms with Crippen LogP contribution in [-0.4, -0.2) is 46.4 Å². The van der Waals surface area contributed by atoms with E-state index in [1.807, 2.05) is 12.4 Å². The van der Waals surface area contributed by atoms with Crippen molar-refractivity contribution >= 4 is 16.5 Å². The number of piperidine rings is 1. The van der Waals surface area contributed by atoms with E-state index in [1.54, 1.807) is 6.26 Å². The second-order valence-electron chi connectivity index (χ2n) is 5.27. The predicted octanol–water partition coefficient (Wildman–Crippen LogP) is 1.41. The van der Waals surface area contributed by atoms with Crippen molar-refractivity contribution in [1.29, 1.82) is 0 Å². The standard InChI is InChI=1S/C14H23N3OS/c1-12(11-19(2)18)16-13-5-9-17(10-6-13)14-3-7-15-8-4-14/h3-4,7-8,12-13,16H,5-6,9-11H2,1-2H3. The molecule has 1 saturated heterocycles. The number of rotatable bonds is 5. The third-order valence-corrected chi connectivity index (χ3v) is 4.50. The van der Waals surface area contributed by atoms with Gasteiger partial charge < -0.3 is 10.2 Å². The van der Waals surface area contributed by atoms with Crippen molar-refractivity contribution in [2.45, 2.75) is 31.8 Å². The van der Waals surface area contributed by atoms with Gasteiger partial charge >= 0.3 is 0 Å². The maximum Gasteiger partial charge on any atom is 0.0397 e. The van der Waals surface area contributed by atoms with Crippen molar-refractivity contribution in [3.05, 3.63) is 24.5 Å². The summed E-state index contributed by atoms with van der Waals surface area (Å²) in [6, 6.07) is 5.02. The summed E-state index contributed by atoms with van der Waals surface area (Å²) in [6.45, 7) is 4.27. The number of hydrogen-bond donors (Lipinski definition) is 1. The molecule has 1 aliphatic heterocycles. The SMILES string of the molecule is CC(CS(C)=O)NC1CCN(c2ccncc2)CC1. The van der Waals surface area contributed by atoms with Crippen molar-refractivity contribution in [2.24, 2.45) is 0 Å². The second kappa shape index (κ2) is 7.01. The van der Waals surface area contributed by atoms with Crippen LogP contribution in [0.15, 0.2) is 24.5 Å². The molecule has 1 aliphatic rings. The minimum absolute atomic E-state index is 0.336. The number of pyridine rings is 1. The van der Waals surface area contributed by atoms with Gasteiger partial charge in [-0.3, -0.25) is 9.19 Å². The minimum Gasteiger partial charge on any atom is -0.371 e. The topological polar surface area (TPSA) is 45.2 Å². The Morgan fingerprint density at radius 2 is 2.05 bits per heavy atom. The van der Waals surface area contributed by atoms with Gasteiger partial charge in [0.2, 0.25) is 0 Å². The number of hydrogen-bond acceptors (Lipinski definition) is 4. The lowest BCUT2D eigenvalue weighted by Gasteiger charge is -2.35. The first-order chi connectivity index (χ1) is 9.15.